The van der Waals surface area contributed by atoms with Crippen LogP contribution in [0.5, 0.6) is 0 Å². The van der Waals surface area contributed by atoms with Crippen LogP contribution in [-0.4, -0.2) is 49.0 Å². The number of hydrogen-bond acceptors (Lipinski definition) is 4. The Morgan fingerprint density at radius 3 is 2.65 bits per heavy atom. The second kappa shape index (κ2) is 4.55. The Morgan fingerprint density at radius 1 is 1.47 bits per heavy atom. The molecule has 3 N–H and O–H groups in total. The zero-order valence-corrected chi connectivity index (χ0v) is 10.7. The van der Waals surface area contributed by atoms with Crippen LogP contribution in [0.2, 0.25) is 0 Å². The third-order valence-electron chi connectivity index (χ3n) is 4.20. The predicted molar refractivity (Wildman–Crippen MR) is 63.5 cm³/mol. The zero-order chi connectivity index (χ0) is 12.6. The molecule has 0 aromatic rings. The molecule has 0 aromatic carbocycles. The minimum absolute atomic E-state index is 0.00539. The summed E-state index contributed by atoms with van der Waals surface area (Å²) in [6.07, 6.45) is 1.19. The van der Waals surface area contributed by atoms with Gasteiger partial charge in [0.2, 0.25) is 5.91 Å². The first-order valence-electron chi connectivity index (χ1n) is 6.19. The lowest BCUT2D eigenvalue weighted by atomic mass is 9.64. The number of carbonyl (C=O) groups excluding carboxylic acids is 1. The normalized spacial score (nSPS) is 39.8. The van der Waals surface area contributed by atoms with Gasteiger partial charge in [0.1, 0.15) is 0 Å². The molecule has 4 unspecified atom stereocenters. The Morgan fingerprint density at radius 2 is 2.18 bits per heavy atom. The molecular formula is C12H22N2O3. The lowest BCUT2D eigenvalue weighted by Gasteiger charge is -2.51. The Kier molecular flexibility index (Phi) is 3.43. The van der Waals surface area contributed by atoms with Crippen molar-refractivity contribution in [3.8, 4) is 0 Å². The molecule has 98 valence electrons. The first-order valence-corrected chi connectivity index (χ1v) is 6.19. The maximum Gasteiger partial charge on any atom is 0.237 e. The third kappa shape index (κ3) is 2.32. The van der Waals surface area contributed by atoms with Crippen molar-refractivity contribution in [1.29, 1.82) is 0 Å². The summed E-state index contributed by atoms with van der Waals surface area (Å²) in [5.74, 6) is -0.00539. The average Bonchev–Trinajstić information content (AvgIpc) is 2.70. The number of amides is 1. The highest BCUT2D eigenvalue weighted by atomic mass is 16.5. The fourth-order valence-electron chi connectivity index (χ4n) is 2.72. The SMILES string of the molecule is COC1CC(NC(=O)C2CC(O)CN2)C1(C)C. The van der Waals surface area contributed by atoms with Crippen LogP contribution in [0.15, 0.2) is 0 Å². The van der Waals surface area contributed by atoms with Crippen molar-refractivity contribution < 1.29 is 14.6 Å². The standard InChI is InChI=1S/C12H22N2O3/c1-12(2)9(5-10(12)17-3)14-11(16)8-4-7(15)6-13-8/h7-10,13,15H,4-6H2,1-3H3,(H,14,16). The molecule has 1 saturated heterocycles. The van der Waals surface area contributed by atoms with E-state index in [0.717, 1.165) is 6.42 Å². The smallest absolute Gasteiger partial charge is 0.237 e. The second-order valence-electron chi connectivity index (χ2n) is 5.69. The summed E-state index contributed by atoms with van der Waals surface area (Å²) >= 11 is 0. The van der Waals surface area contributed by atoms with Gasteiger partial charge in [-0.05, 0) is 12.8 Å². The number of aliphatic hydroxyl groups is 1. The fraction of sp³-hybridized carbons (Fsp3) is 0.917. The molecule has 2 aliphatic rings. The molecule has 4 atom stereocenters. The van der Waals surface area contributed by atoms with E-state index in [-0.39, 0.29) is 29.5 Å². The van der Waals surface area contributed by atoms with Gasteiger partial charge in [-0.3, -0.25) is 4.79 Å². The van der Waals surface area contributed by atoms with Gasteiger partial charge in [-0.25, -0.2) is 0 Å². The Labute approximate surface area is 102 Å². The summed E-state index contributed by atoms with van der Waals surface area (Å²) in [5, 5.41) is 15.4. The molecule has 5 nitrogen and oxygen atoms in total. The summed E-state index contributed by atoms with van der Waals surface area (Å²) in [6.45, 7) is 4.71. The first-order chi connectivity index (χ1) is 7.95. The first kappa shape index (κ1) is 12.8. The largest absolute Gasteiger partial charge is 0.392 e. The molecule has 1 aliphatic heterocycles. The summed E-state index contributed by atoms with van der Waals surface area (Å²) in [4.78, 5) is 12.0. The van der Waals surface area contributed by atoms with E-state index >= 15 is 0 Å². The number of carbonyl (C=O) groups is 1. The topological polar surface area (TPSA) is 70.6 Å². The van der Waals surface area contributed by atoms with Gasteiger partial charge < -0.3 is 20.5 Å². The minimum atomic E-state index is -0.396. The third-order valence-corrected chi connectivity index (χ3v) is 4.20. The number of β-amino-alcohol motifs (C(OH)–C–C–N with tert-alkyl or cyclic N) is 1. The van der Waals surface area contributed by atoms with E-state index in [0.29, 0.717) is 13.0 Å². The lowest BCUT2D eigenvalue weighted by molar-refractivity contribution is -0.134. The number of ether oxygens (including phenoxy) is 1. The Hall–Kier alpha value is -0.650. The van der Waals surface area contributed by atoms with Crippen LogP contribution in [-0.2, 0) is 9.53 Å². The molecule has 1 heterocycles. The van der Waals surface area contributed by atoms with Crippen LogP contribution in [0, 0.1) is 5.41 Å². The average molecular weight is 242 g/mol. The molecule has 0 aromatic heterocycles. The van der Waals surface area contributed by atoms with Crippen molar-refractivity contribution in [2.75, 3.05) is 13.7 Å². The lowest BCUT2D eigenvalue weighted by Crippen LogP contribution is -2.63. The van der Waals surface area contributed by atoms with Gasteiger partial charge in [0.05, 0.1) is 18.2 Å². The molecule has 1 aliphatic carbocycles. The van der Waals surface area contributed by atoms with Gasteiger partial charge in [0.15, 0.2) is 0 Å². The van der Waals surface area contributed by atoms with Gasteiger partial charge in [-0.15, -0.1) is 0 Å². The Balaban J connectivity index is 1.84. The summed E-state index contributed by atoms with van der Waals surface area (Å²) in [6, 6.07) is -0.0816. The summed E-state index contributed by atoms with van der Waals surface area (Å²) < 4.78 is 5.35. The molecule has 17 heavy (non-hydrogen) atoms. The number of aliphatic hydroxyl groups excluding tert-OH is 1. The molecule has 0 radical (unpaired) electrons. The zero-order valence-electron chi connectivity index (χ0n) is 10.7. The maximum absolute atomic E-state index is 12.0. The van der Waals surface area contributed by atoms with Crippen molar-refractivity contribution in [2.45, 2.75) is 51.0 Å². The molecule has 0 spiro atoms. The molecule has 0 bridgehead atoms. The number of methoxy groups -OCH3 is 1. The van der Waals surface area contributed by atoms with E-state index in [4.69, 9.17) is 4.74 Å². The number of hydrogen-bond donors (Lipinski definition) is 3. The quantitative estimate of drug-likeness (QED) is 0.632. The fourth-order valence-corrected chi connectivity index (χ4v) is 2.72. The number of nitrogens with one attached hydrogen (secondary N) is 2. The molecule has 2 fully saturated rings. The molecule has 2 rings (SSSR count). The highest BCUT2D eigenvalue weighted by Crippen LogP contribution is 2.42. The highest BCUT2D eigenvalue weighted by Gasteiger charge is 2.49. The van der Waals surface area contributed by atoms with Crippen molar-refractivity contribution in [2.24, 2.45) is 5.41 Å². The maximum atomic E-state index is 12.0. The van der Waals surface area contributed by atoms with Crippen LogP contribution in [0.1, 0.15) is 26.7 Å². The van der Waals surface area contributed by atoms with Crippen molar-refractivity contribution in [3.05, 3.63) is 0 Å². The van der Waals surface area contributed by atoms with Crippen LogP contribution < -0.4 is 10.6 Å². The van der Waals surface area contributed by atoms with Gasteiger partial charge in [-0.2, -0.15) is 0 Å². The highest BCUT2D eigenvalue weighted by molar-refractivity contribution is 5.82. The minimum Gasteiger partial charge on any atom is -0.392 e. The second-order valence-corrected chi connectivity index (χ2v) is 5.69. The van der Waals surface area contributed by atoms with Gasteiger partial charge in [0.25, 0.3) is 0 Å². The van der Waals surface area contributed by atoms with E-state index in [1.165, 1.54) is 0 Å². The molecule has 1 saturated carbocycles. The summed E-state index contributed by atoms with van der Waals surface area (Å²) in [7, 11) is 1.71. The van der Waals surface area contributed by atoms with Crippen LogP contribution in [0.25, 0.3) is 0 Å². The molecular weight excluding hydrogens is 220 g/mol. The number of rotatable bonds is 3. The molecule has 5 heteroatoms. The van der Waals surface area contributed by atoms with E-state index in [2.05, 4.69) is 24.5 Å². The van der Waals surface area contributed by atoms with Gasteiger partial charge in [0, 0.05) is 25.1 Å². The van der Waals surface area contributed by atoms with Crippen molar-refractivity contribution in [1.82, 2.24) is 10.6 Å². The van der Waals surface area contributed by atoms with Crippen LogP contribution in [0.3, 0.4) is 0 Å². The Bertz CT molecular complexity index is 306. The summed E-state index contributed by atoms with van der Waals surface area (Å²) in [5.41, 5.74) is -0.0123. The van der Waals surface area contributed by atoms with E-state index in [1.54, 1.807) is 7.11 Å². The van der Waals surface area contributed by atoms with E-state index in [1.807, 2.05) is 0 Å². The van der Waals surface area contributed by atoms with Gasteiger partial charge in [-0.1, -0.05) is 13.8 Å². The van der Waals surface area contributed by atoms with E-state index < -0.39 is 6.10 Å². The predicted octanol–water partition coefficient (Wildman–Crippen LogP) is -0.361. The van der Waals surface area contributed by atoms with Crippen molar-refractivity contribution >= 4 is 5.91 Å². The van der Waals surface area contributed by atoms with Crippen molar-refractivity contribution in [3.63, 3.8) is 0 Å². The van der Waals surface area contributed by atoms with E-state index in [9.17, 15) is 9.90 Å². The monoisotopic (exact) mass is 242 g/mol. The van der Waals surface area contributed by atoms with Gasteiger partial charge >= 0.3 is 0 Å². The van der Waals surface area contributed by atoms with Crippen LogP contribution >= 0.6 is 0 Å². The van der Waals surface area contributed by atoms with Crippen LogP contribution in [0.4, 0.5) is 0 Å². The molecule has 1 amide bonds.